The highest BCUT2D eigenvalue weighted by atomic mass is 32.2. The average Bonchev–Trinajstić information content (AvgIpc) is 3.27. The summed E-state index contributed by atoms with van der Waals surface area (Å²) in [6, 6.07) is 11.7. The van der Waals surface area contributed by atoms with Gasteiger partial charge in [0.05, 0.1) is 10.9 Å². The van der Waals surface area contributed by atoms with Crippen LogP contribution in [0, 0.1) is 0 Å². The summed E-state index contributed by atoms with van der Waals surface area (Å²) < 4.78 is 25.5. The monoisotopic (exact) mass is 370 g/mol. The third-order valence-corrected chi connectivity index (χ3v) is 5.77. The van der Waals surface area contributed by atoms with Gasteiger partial charge in [0.1, 0.15) is 0 Å². The largest absolute Gasteiger partial charge is 0.328 e. The molecule has 1 atom stereocenters. The summed E-state index contributed by atoms with van der Waals surface area (Å²) >= 11 is 0. The molecule has 134 valence electrons. The van der Waals surface area contributed by atoms with Gasteiger partial charge in [-0.05, 0) is 43.2 Å². The van der Waals surface area contributed by atoms with E-state index in [0.29, 0.717) is 12.1 Å². The zero-order chi connectivity index (χ0) is 18.3. The van der Waals surface area contributed by atoms with Crippen LogP contribution in [0.1, 0.15) is 35.1 Å². The second-order valence-electron chi connectivity index (χ2n) is 6.44. The second kappa shape index (κ2) is 6.21. The van der Waals surface area contributed by atoms with Gasteiger partial charge < -0.3 is 4.90 Å². The van der Waals surface area contributed by atoms with Gasteiger partial charge in [-0.3, -0.25) is 9.20 Å². The van der Waals surface area contributed by atoms with E-state index in [4.69, 9.17) is 0 Å². The SMILES string of the molecule is CS(=O)(=O)c1cccc(C(=O)N2CCC[C@@H]2c2nnc3ccccn23)c1. The zero-order valence-electron chi connectivity index (χ0n) is 14.2. The Balaban J connectivity index is 1.70. The van der Waals surface area contributed by atoms with Crippen LogP contribution in [0.15, 0.2) is 53.6 Å². The molecule has 1 fully saturated rings. The smallest absolute Gasteiger partial charge is 0.254 e. The quantitative estimate of drug-likeness (QED) is 0.705. The fourth-order valence-corrected chi connectivity index (χ4v) is 4.06. The highest BCUT2D eigenvalue weighted by Crippen LogP contribution is 2.32. The molecule has 1 aromatic carbocycles. The van der Waals surface area contributed by atoms with E-state index in [2.05, 4.69) is 10.2 Å². The highest BCUT2D eigenvalue weighted by molar-refractivity contribution is 7.90. The van der Waals surface area contributed by atoms with E-state index in [0.717, 1.165) is 30.6 Å². The van der Waals surface area contributed by atoms with Crippen LogP contribution in [0.25, 0.3) is 5.65 Å². The topological polar surface area (TPSA) is 84.6 Å². The first-order valence-corrected chi connectivity index (χ1v) is 10.2. The summed E-state index contributed by atoms with van der Waals surface area (Å²) in [5.41, 5.74) is 1.11. The van der Waals surface area contributed by atoms with Crippen molar-refractivity contribution >= 4 is 21.4 Å². The predicted molar refractivity (Wildman–Crippen MR) is 95.6 cm³/mol. The molecule has 1 aliphatic heterocycles. The van der Waals surface area contributed by atoms with Crippen molar-refractivity contribution in [2.45, 2.75) is 23.8 Å². The Morgan fingerprint density at radius 2 is 2.00 bits per heavy atom. The third kappa shape index (κ3) is 2.86. The van der Waals surface area contributed by atoms with Gasteiger partial charge in [-0.1, -0.05) is 12.1 Å². The van der Waals surface area contributed by atoms with Gasteiger partial charge in [0.2, 0.25) is 0 Å². The van der Waals surface area contributed by atoms with Crippen molar-refractivity contribution in [3.8, 4) is 0 Å². The van der Waals surface area contributed by atoms with Crippen molar-refractivity contribution in [3.05, 3.63) is 60.0 Å². The van der Waals surface area contributed by atoms with Gasteiger partial charge in [-0.15, -0.1) is 10.2 Å². The van der Waals surface area contributed by atoms with Crippen LogP contribution in [0.3, 0.4) is 0 Å². The number of amides is 1. The van der Waals surface area contributed by atoms with Gasteiger partial charge in [-0.2, -0.15) is 0 Å². The first kappa shape index (κ1) is 16.7. The molecule has 7 nitrogen and oxygen atoms in total. The van der Waals surface area contributed by atoms with Crippen molar-refractivity contribution < 1.29 is 13.2 Å². The molecule has 1 aliphatic rings. The lowest BCUT2D eigenvalue weighted by molar-refractivity contribution is 0.0729. The van der Waals surface area contributed by atoms with Crippen molar-refractivity contribution in [1.82, 2.24) is 19.5 Å². The minimum absolute atomic E-state index is 0.145. The van der Waals surface area contributed by atoms with Crippen LogP contribution >= 0.6 is 0 Å². The van der Waals surface area contributed by atoms with Gasteiger partial charge >= 0.3 is 0 Å². The summed E-state index contributed by atoms with van der Waals surface area (Å²) in [7, 11) is -3.37. The Hall–Kier alpha value is -2.74. The van der Waals surface area contributed by atoms with Crippen LogP contribution in [-0.4, -0.2) is 46.6 Å². The Kier molecular flexibility index (Phi) is 3.99. The van der Waals surface area contributed by atoms with Gasteiger partial charge in [-0.25, -0.2) is 8.42 Å². The first-order chi connectivity index (χ1) is 12.4. The lowest BCUT2D eigenvalue weighted by Crippen LogP contribution is -2.31. The molecule has 2 aromatic heterocycles. The second-order valence-corrected chi connectivity index (χ2v) is 8.46. The highest BCUT2D eigenvalue weighted by Gasteiger charge is 2.34. The van der Waals surface area contributed by atoms with Crippen molar-refractivity contribution in [1.29, 1.82) is 0 Å². The third-order valence-electron chi connectivity index (χ3n) is 4.66. The predicted octanol–water partition coefficient (Wildman–Crippen LogP) is 2.11. The van der Waals surface area contributed by atoms with E-state index in [-0.39, 0.29) is 16.8 Å². The zero-order valence-corrected chi connectivity index (χ0v) is 15.1. The van der Waals surface area contributed by atoms with Gasteiger partial charge in [0.15, 0.2) is 21.3 Å². The lowest BCUT2D eigenvalue weighted by Gasteiger charge is -2.23. The fourth-order valence-electron chi connectivity index (χ4n) is 3.39. The molecular weight excluding hydrogens is 352 g/mol. The Morgan fingerprint density at radius 1 is 1.15 bits per heavy atom. The molecule has 26 heavy (non-hydrogen) atoms. The molecule has 0 bridgehead atoms. The molecular formula is C18H18N4O3S. The molecule has 1 amide bonds. The summed E-state index contributed by atoms with van der Waals surface area (Å²) in [5.74, 6) is 0.538. The van der Waals surface area contributed by atoms with Crippen LogP contribution in [0.2, 0.25) is 0 Å². The number of fused-ring (bicyclic) bond motifs is 1. The number of hydrogen-bond donors (Lipinski definition) is 0. The van der Waals surface area contributed by atoms with E-state index in [1.54, 1.807) is 17.0 Å². The maximum absolute atomic E-state index is 13.0. The maximum atomic E-state index is 13.0. The van der Waals surface area contributed by atoms with E-state index in [9.17, 15) is 13.2 Å². The number of aromatic nitrogens is 3. The lowest BCUT2D eigenvalue weighted by atomic mass is 10.1. The number of sulfone groups is 1. The Labute approximate surface area is 151 Å². The van der Waals surface area contributed by atoms with E-state index in [1.807, 2.05) is 28.8 Å². The molecule has 3 heterocycles. The molecule has 0 aliphatic carbocycles. The van der Waals surface area contributed by atoms with E-state index < -0.39 is 9.84 Å². The number of rotatable bonds is 3. The Bertz CT molecular complexity index is 1090. The molecule has 0 saturated carbocycles. The normalized spacial score (nSPS) is 17.7. The van der Waals surface area contributed by atoms with E-state index in [1.165, 1.54) is 12.1 Å². The summed E-state index contributed by atoms with van der Waals surface area (Å²) in [6.45, 7) is 0.606. The minimum Gasteiger partial charge on any atom is -0.328 e. The summed E-state index contributed by atoms with van der Waals surface area (Å²) in [5, 5.41) is 8.46. The molecule has 0 unspecified atom stereocenters. The Morgan fingerprint density at radius 3 is 2.81 bits per heavy atom. The van der Waals surface area contributed by atoms with Crippen LogP contribution in [-0.2, 0) is 9.84 Å². The number of nitrogens with zero attached hydrogens (tertiary/aromatic N) is 4. The van der Waals surface area contributed by atoms with Crippen LogP contribution in [0.4, 0.5) is 0 Å². The average molecular weight is 370 g/mol. The molecule has 0 spiro atoms. The molecule has 1 saturated heterocycles. The van der Waals surface area contributed by atoms with E-state index >= 15 is 0 Å². The van der Waals surface area contributed by atoms with Crippen LogP contribution in [0.5, 0.6) is 0 Å². The van der Waals surface area contributed by atoms with Gasteiger partial charge in [0.25, 0.3) is 5.91 Å². The number of pyridine rings is 1. The van der Waals surface area contributed by atoms with Gasteiger partial charge in [0, 0.05) is 24.6 Å². The number of carbonyl (C=O) groups excluding carboxylic acids is 1. The maximum Gasteiger partial charge on any atom is 0.254 e. The van der Waals surface area contributed by atoms with Crippen molar-refractivity contribution in [3.63, 3.8) is 0 Å². The molecule has 0 radical (unpaired) electrons. The number of benzene rings is 1. The van der Waals surface area contributed by atoms with Crippen LogP contribution < -0.4 is 0 Å². The van der Waals surface area contributed by atoms with Crippen molar-refractivity contribution in [2.75, 3.05) is 12.8 Å². The molecule has 0 N–H and O–H groups in total. The number of hydrogen-bond acceptors (Lipinski definition) is 5. The first-order valence-electron chi connectivity index (χ1n) is 8.36. The summed E-state index contributed by atoms with van der Waals surface area (Å²) in [4.78, 5) is 14.9. The minimum atomic E-state index is -3.37. The van der Waals surface area contributed by atoms with Crippen molar-refractivity contribution in [2.24, 2.45) is 0 Å². The molecule has 3 aromatic rings. The standard InChI is InChI=1S/C18H18N4O3S/c1-26(24,25)14-7-4-6-13(12-14)18(23)21-11-5-8-15(21)17-20-19-16-9-2-3-10-22(16)17/h2-4,6-7,9-10,12,15H,5,8,11H2,1H3/t15-/m1/s1. The molecule has 4 rings (SSSR count). The fraction of sp³-hybridized carbons (Fsp3) is 0.278. The molecule has 8 heteroatoms. The number of likely N-dealkylation sites (tertiary alicyclic amines) is 1. The summed E-state index contributed by atoms with van der Waals surface area (Å²) in [6.07, 6.45) is 4.69. The number of carbonyl (C=O) groups is 1.